The molecule has 4 nitrogen and oxygen atoms in total. The minimum absolute atomic E-state index is 0.240. The van der Waals surface area contributed by atoms with Gasteiger partial charge in [0.1, 0.15) is 10.7 Å². The third-order valence-corrected chi connectivity index (χ3v) is 4.99. The predicted molar refractivity (Wildman–Crippen MR) is 84.0 cm³/mol. The molecule has 0 amide bonds. The van der Waals surface area contributed by atoms with Gasteiger partial charge in [0.25, 0.3) is 0 Å². The Bertz CT molecular complexity index is 586. The van der Waals surface area contributed by atoms with Gasteiger partial charge in [-0.25, -0.2) is 17.5 Å². The standard InChI is InChI=1S/C15H25FN2O2S/c1-10(2)6-5-7-12(4)18-21(19,20)15-9-14(17)11(3)8-13(15)16/h8-10,12,18H,5-7,17H2,1-4H3. The molecule has 0 aliphatic carbocycles. The Morgan fingerprint density at radius 3 is 2.43 bits per heavy atom. The number of nitrogens with two attached hydrogens (primary N) is 1. The second-order valence-corrected chi connectivity index (χ2v) is 7.67. The van der Waals surface area contributed by atoms with Crippen molar-refractivity contribution in [3.63, 3.8) is 0 Å². The van der Waals surface area contributed by atoms with Crippen LogP contribution in [0.15, 0.2) is 17.0 Å². The fourth-order valence-electron chi connectivity index (χ4n) is 2.09. The second-order valence-electron chi connectivity index (χ2n) is 5.99. The van der Waals surface area contributed by atoms with Gasteiger partial charge in [0, 0.05) is 11.7 Å². The molecule has 21 heavy (non-hydrogen) atoms. The highest BCUT2D eigenvalue weighted by atomic mass is 32.2. The first kappa shape index (κ1) is 17.9. The monoisotopic (exact) mass is 316 g/mol. The summed E-state index contributed by atoms with van der Waals surface area (Å²) in [6.07, 6.45) is 2.69. The highest BCUT2D eigenvalue weighted by molar-refractivity contribution is 7.89. The SMILES string of the molecule is Cc1cc(F)c(S(=O)(=O)NC(C)CCCC(C)C)cc1N. The zero-order valence-electron chi connectivity index (χ0n) is 13.1. The number of hydrogen-bond donors (Lipinski definition) is 2. The molecule has 0 saturated carbocycles. The number of rotatable bonds is 7. The van der Waals surface area contributed by atoms with E-state index in [-0.39, 0.29) is 16.6 Å². The molecule has 0 aliphatic rings. The van der Waals surface area contributed by atoms with Gasteiger partial charge in [0.05, 0.1) is 0 Å². The summed E-state index contributed by atoms with van der Waals surface area (Å²) in [6.45, 7) is 7.67. The van der Waals surface area contributed by atoms with Crippen molar-refractivity contribution in [2.75, 3.05) is 5.73 Å². The van der Waals surface area contributed by atoms with Crippen LogP contribution in [0.4, 0.5) is 10.1 Å². The molecule has 1 rings (SSSR count). The minimum Gasteiger partial charge on any atom is -0.398 e. The second kappa shape index (κ2) is 7.22. The van der Waals surface area contributed by atoms with E-state index in [1.807, 2.05) is 0 Å². The van der Waals surface area contributed by atoms with E-state index < -0.39 is 15.8 Å². The fraction of sp³-hybridized carbons (Fsp3) is 0.600. The Kier molecular flexibility index (Phi) is 6.16. The Hall–Kier alpha value is -1.14. The van der Waals surface area contributed by atoms with Gasteiger partial charge in [-0.1, -0.05) is 26.7 Å². The lowest BCUT2D eigenvalue weighted by Crippen LogP contribution is -2.33. The van der Waals surface area contributed by atoms with Crippen LogP contribution in [0.5, 0.6) is 0 Å². The van der Waals surface area contributed by atoms with Gasteiger partial charge >= 0.3 is 0 Å². The number of hydrogen-bond acceptors (Lipinski definition) is 3. The van der Waals surface area contributed by atoms with Crippen molar-refractivity contribution >= 4 is 15.7 Å². The van der Waals surface area contributed by atoms with E-state index in [1.54, 1.807) is 13.8 Å². The molecule has 0 aliphatic heterocycles. The van der Waals surface area contributed by atoms with Gasteiger partial charge in [0.15, 0.2) is 0 Å². The highest BCUT2D eigenvalue weighted by Gasteiger charge is 2.22. The Morgan fingerprint density at radius 1 is 1.24 bits per heavy atom. The van der Waals surface area contributed by atoms with Crippen molar-refractivity contribution < 1.29 is 12.8 Å². The van der Waals surface area contributed by atoms with E-state index in [0.717, 1.165) is 25.3 Å². The smallest absolute Gasteiger partial charge is 0.243 e. The van der Waals surface area contributed by atoms with Crippen LogP contribution < -0.4 is 10.5 Å². The van der Waals surface area contributed by atoms with Gasteiger partial charge in [0.2, 0.25) is 10.0 Å². The summed E-state index contributed by atoms with van der Waals surface area (Å²) >= 11 is 0. The van der Waals surface area contributed by atoms with Crippen LogP contribution in [-0.4, -0.2) is 14.5 Å². The molecular weight excluding hydrogens is 291 g/mol. The lowest BCUT2D eigenvalue weighted by molar-refractivity contribution is 0.486. The molecule has 1 atom stereocenters. The zero-order chi connectivity index (χ0) is 16.2. The van der Waals surface area contributed by atoms with Crippen molar-refractivity contribution in [1.29, 1.82) is 0 Å². The summed E-state index contributed by atoms with van der Waals surface area (Å²) in [6, 6.07) is 2.08. The first-order valence-electron chi connectivity index (χ1n) is 7.21. The fourth-order valence-corrected chi connectivity index (χ4v) is 3.47. The topological polar surface area (TPSA) is 72.2 Å². The van der Waals surface area contributed by atoms with Gasteiger partial charge in [-0.05, 0) is 43.9 Å². The summed E-state index contributed by atoms with van der Waals surface area (Å²) in [5.74, 6) is -0.188. The van der Waals surface area contributed by atoms with Crippen LogP contribution in [0.25, 0.3) is 0 Å². The lowest BCUT2D eigenvalue weighted by Gasteiger charge is -2.16. The van der Waals surface area contributed by atoms with Crippen molar-refractivity contribution in [2.24, 2.45) is 5.92 Å². The lowest BCUT2D eigenvalue weighted by atomic mass is 10.0. The number of nitrogen functional groups attached to an aromatic ring is 1. The molecule has 3 N–H and O–H groups in total. The molecule has 0 fully saturated rings. The number of benzene rings is 1. The molecular formula is C15H25FN2O2S. The molecule has 0 bridgehead atoms. The summed E-state index contributed by atoms with van der Waals surface area (Å²) in [5.41, 5.74) is 6.46. The van der Waals surface area contributed by atoms with Crippen LogP contribution in [0.1, 0.15) is 45.6 Å². The first-order valence-corrected chi connectivity index (χ1v) is 8.69. The van der Waals surface area contributed by atoms with Gasteiger partial charge in [-0.3, -0.25) is 0 Å². The average Bonchev–Trinajstić information content (AvgIpc) is 2.32. The third-order valence-electron chi connectivity index (χ3n) is 3.39. The quantitative estimate of drug-likeness (QED) is 0.759. The molecule has 1 unspecified atom stereocenters. The molecule has 0 spiro atoms. The van der Waals surface area contributed by atoms with E-state index in [9.17, 15) is 12.8 Å². The Labute approximate surface area is 127 Å². The van der Waals surface area contributed by atoms with Crippen molar-refractivity contribution in [3.8, 4) is 0 Å². The third kappa shape index (κ3) is 5.28. The Morgan fingerprint density at radius 2 is 1.86 bits per heavy atom. The number of anilines is 1. The molecule has 0 saturated heterocycles. The van der Waals surface area contributed by atoms with Crippen LogP contribution in [0, 0.1) is 18.7 Å². The maximum atomic E-state index is 13.9. The predicted octanol–water partition coefficient (Wildman–Crippen LogP) is 3.21. The highest BCUT2D eigenvalue weighted by Crippen LogP contribution is 2.22. The normalized spacial score (nSPS) is 13.6. The molecule has 1 aromatic rings. The van der Waals surface area contributed by atoms with E-state index >= 15 is 0 Å². The molecule has 6 heteroatoms. The van der Waals surface area contributed by atoms with E-state index in [1.165, 1.54) is 6.07 Å². The molecule has 0 radical (unpaired) electrons. The molecule has 0 aromatic heterocycles. The van der Waals surface area contributed by atoms with Crippen LogP contribution in [0.2, 0.25) is 0 Å². The summed E-state index contributed by atoms with van der Waals surface area (Å²) < 4.78 is 40.8. The van der Waals surface area contributed by atoms with Crippen LogP contribution in [0.3, 0.4) is 0 Å². The number of halogens is 1. The molecule has 1 aromatic carbocycles. The first-order chi connectivity index (χ1) is 9.63. The van der Waals surface area contributed by atoms with Crippen molar-refractivity contribution in [3.05, 3.63) is 23.5 Å². The summed E-state index contributed by atoms with van der Waals surface area (Å²) in [4.78, 5) is -0.388. The van der Waals surface area contributed by atoms with Crippen molar-refractivity contribution in [2.45, 2.75) is 57.9 Å². The minimum atomic E-state index is -3.89. The van der Waals surface area contributed by atoms with Crippen molar-refractivity contribution in [1.82, 2.24) is 4.72 Å². The van der Waals surface area contributed by atoms with E-state index in [2.05, 4.69) is 18.6 Å². The maximum Gasteiger partial charge on any atom is 0.243 e. The van der Waals surface area contributed by atoms with Crippen LogP contribution in [-0.2, 0) is 10.0 Å². The number of aryl methyl sites for hydroxylation is 1. The largest absolute Gasteiger partial charge is 0.398 e. The van der Waals surface area contributed by atoms with Gasteiger partial charge in [-0.15, -0.1) is 0 Å². The van der Waals surface area contributed by atoms with Gasteiger partial charge < -0.3 is 5.73 Å². The number of nitrogens with one attached hydrogen (secondary N) is 1. The molecule has 0 heterocycles. The molecule has 120 valence electrons. The summed E-state index contributed by atoms with van der Waals surface area (Å²) in [7, 11) is -3.89. The van der Waals surface area contributed by atoms with Gasteiger partial charge in [-0.2, -0.15) is 0 Å². The Balaban J connectivity index is 2.80. The maximum absolute atomic E-state index is 13.9. The van der Waals surface area contributed by atoms with E-state index in [0.29, 0.717) is 11.5 Å². The summed E-state index contributed by atoms with van der Waals surface area (Å²) in [5, 5.41) is 0. The number of sulfonamides is 1. The van der Waals surface area contributed by atoms with E-state index in [4.69, 9.17) is 5.73 Å². The zero-order valence-corrected chi connectivity index (χ0v) is 13.9. The average molecular weight is 316 g/mol. The van der Waals surface area contributed by atoms with Crippen LogP contribution >= 0.6 is 0 Å².